The lowest BCUT2D eigenvalue weighted by atomic mass is 10.1. The molecule has 0 saturated carbocycles. The van der Waals surface area contributed by atoms with Crippen molar-refractivity contribution in [1.29, 1.82) is 0 Å². The number of nitrogens with one attached hydrogen (secondary N) is 1. The highest BCUT2D eigenvalue weighted by Crippen LogP contribution is 2.29. The first-order valence-corrected chi connectivity index (χ1v) is 12.6. The molecule has 1 aliphatic heterocycles. The number of rotatable bonds is 8. The van der Waals surface area contributed by atoms with Crippen molar-refractivity contribution in [2.45, 2.75) is 22.7 Å². The molecule has 1 heterocycles. The standard InChI is InChI=1S/C20H25NO7S2/c1-26-15-5-7-16(8-6-15)30(24,25)20-13-29(22,23)12-17(20)21-11-14-4-9-18(27-2)19(10-14)28-3/h4-10,17,20-21H,11-13H2,1-3H3/t17-,20-/m0/s1. The second-order valence-corrected chi connectivity index (χ2v) is 11.3. The van der Waals surface area contributed by atoms with Gasteiger partial charge in [0.1, 0.15) is 5.75 Å². The molecule has 0 amide bonds. The third kappa shape index (κ3) is 4.71. The summed E-state index contributed by atoms with van der Waals surface area (Å²) in [6.45, 7) is 0.287. The van der Waals surface area contributed by atoms with E-state index in [1.165, 1.54) is 33.5 Å². The van der Waals surface area contributed by atoms with Crippen molar-refractivity contribution in [3.63, 3.8) is 0 Å². The van der Waals surface area contributed by atoms with Crippen LogP contribution in [0.15, 0.2) is 47.4 Å². The summed E-state index contributed by atoms with van der Waals surface area (Å²) in [5.74, 6) is 0.990. The van der Waals surface area contributed by atoms with Gasteiger partial charge in [-0.1, -0.05) is 6.07 Å². The van der Waals surface area contributed by atoms with E-state index in [1.807, 2.05) is 6.07 Å². The first-order valence-electron chi connectivity index (χ1n) is 9.23. The summed E-state index contributed by atoms with van der Waals surface area (Å²) in [6.07, 6.45) is 0. The molecule has 0 unspecified atom stereocenters. The van der Waals surface area contributed by atoms with E-state index in [0.29, 0.717) is 17.2 Å². The summed E-state index contributed by atoms with van der Waals surface area (Å²) < 4.78 is 66.4. The summed E-state index contributed by atoms with van der Waals surface area (Å²) in [4.78, 5) is 0.0725. The molecule has 0 aromatic heterocycles. The maximum absolute atomic E-state index is 13.1. The van der Waals surface area contributed by atoms with Crippen molar-refractivity contribution >= 4 is 19.7 Å². The molecule has 1 N–H and O–H groups in total. The molecule has 1 aliphatic rings. The molecular weight excluding hydrogens is 430 g/mol. The van der Waals surface area contributed by atoms with E-state index in [0.717, 1.165) is 5.56 Å². The summed E-state index contributed by atoms with van der Waals surface area (Å²) in [5.41, 5.74) is 0.817. The van der Waals surface area contributed by atoms with Crippen LogP contribution in [0.1, 0.15) is 5.56 Å². The zero-order valence-corrected chi connectivity index (χ0v) is 18.6. The molecule has 0 aliphatic carbocycles. The molecule has 0 spiro atoms. The van der Waals surface area contributed by atoms with Gasteiger partial charge in [-0.15, -0.1) is 0 Å². The number of methoxy groups -OCH3 is 3. The molecule has 30 heavy (non-hydrogen) atoms. The maximum atomic E-state index is 13.1. The maximum Gasteiger partial charge on any atom is 0.183 e. The predicted octanol–water partition coefficient (Wildman–Crippen LogP) is 1.44. The first kappa shape index (κ1) is 22.4. The molecule has 2 aromatic rings. The van der Waals surface area contributed by atoms with E-state index in [1.54, 1.807) is 24.3 Å². The highest BCUT2D eigenvalue weighted by atomic mass is 32.2. The number of ether oxygens (including phenoxy) is 3. The summed E-state index contributed by atoms with van der Waals surface area (Å²) >= 11 is 0. The van der Waals surface area contributed by atoms with Crippen LogP contribution in [0, 0.1) is 0 Å². The number of hydrogen-bond acceptors (Lipinski definition) is 8. The van der Waals surface area contributed by atoms with Gasteiger partial charge in [-0.25, -0.2) is 16.8 Å². The van der Waals surface area contributed by atoms with Crippen molar-refractivity contribution in [1.82, 2.24) is 5.32 Å². The average Bonchev–Trinajstić information content (AvgIpc) is 3.07. The minimum Gasteiger partial charge on any atom is -0.497 e. The number of sulfone groups is 2. The molecule has 164 valence electrons. The smallest absolute Gasteiger partial charge is 0.183 e. The van der Waals surface area contributed by atoms with Crippen LogP contribution in [-0.2, 0) is 26.2 Å². The van der Waals surface area contributed by atoms with Crippen molar-refractivity contribution in [3.05, 3.63) is 48.0 Å². The van der Waals surface area contributed by atoms with Crippen LogP contribution in [0.25, 0.3) is 0 Å². The molecule has 2 aromatic carbocycles. The monoisotopic (exact) mass is 455 g/mol. The minimum atomic E-state index is -3.85. The molecule has 10 heteroatoms. The van der Waals surface area contributed by atoms with Crippen LogP contribution in [0.4, 0.5) is 0 Å². The second kappa shape index (κ2) is 8.83. The quantitative estimate of drug-likeness (QED) is 0.637. The van der Waals surface area contributed by atoms with E-state index in [4.69, 9.17) is 14.2 Å². The molecule has 1 saturated heterocycles. The third-order valence-corrected chi connectivity index (χ3v) is 9.27. The number of hydrogen-bond donors (Lipinski definition) is 1. The Labute approximate surface area is 177 Å². The molecule has 0 bridgehead atoms. The molecule has 0 radical (unpaired) electrons. The topological polar surface area (TPSA) is 108 Å². The average molecular weight is 456 g/mol. The van der Waals surface area contributed by atoms with E-state index in [9.17, 15) is 16.8 Å². The summed E-state index contributed by atoms with van der Waals surface area (Å²) in [5, 5.41) is 2.04. The molecule has 8 nitrogen and oxygen atoms in total. The van der Waals surface area contributed by atoms with E-state index in [2.05, 4.69) is 5.32 Å². The fourth-order valence-corrected chi connectivity index (χ4v) is 8.21. The van der Waals surface area contributed by atoms with Gasteiger partial charge in [-0.05, 0) is 42.0 Å². The van der Waals surface area contributed by atoms with Crippen molar-refractivity contribution in [2.24, 2.45) is 0 Å². The van der Waals surface area contributed by atoms with Crippen LogP contribution in [-0.4, -0.2) is 61.0 Å². The van der Waals surface area contributed by atoms with E-state index >= 15 is 0 Å². The van der Waals surface area contributed by atoms with Gasteiger partial charge in [-0.3, -0.25) is 0 Å². The van der Waals surface area contributed by atoms with Crippen molar-refractivity contribution in [2.75, 3.05) is 32.8 Å². The van der Waals surface area contributed by atoms with Gasteiger partial charge in [0.25, 0.3) is 0 Å². The Hall–Kier alpha value is -2.30. The minimum absolute atomic E-state index is 0.0725. The fraction of sp³-hybridized carbons (Fsp3) is 0.400. The highest BCUT2D eigenvalue weighted by molar-refractivity contribution is 7.96. The summed E-state index contributed by atoms with van der Waals surface area (Å²) in [6, 6.07) is 10.6. The van der Waals surface area contributed by atoms with Crippen LogP contribution >= 0.6 is 0 Å². The zero-order valence-electron chi connectivity index (χ0n) is 17.0. The molecular formula is C20H25NO7S2. The summed E-state index contributed by atoms with van der Waals surface area (Å²) in [7, 11) is -2.79. The van der Waals surface area contributed by atoms with Gasteiger partial charge in [0.15, 0.2) is 31.2 Å². The first-order chi connectivity index (χ1) is 14.2. The van der Waals surface area contributed by atoms with Gasteiger partial charge in [0.05, 0.1) is 43.0 Å². The normalized spacial score (nSPS) is 20.6. The van der Waals surface area contributed by atoms with E-state index in [-0.39, 0.29) is 17.2 Å². The highest BCUT2D eigenvalue weighted by Gasteiger charge is 2.45. The Balaban J connectivity index is 1.82. The van der Waals surface area contributed by atoms with Crippen LogP contribution < -0.4 is 19.5 Å². The second-order valence-electron chi connectivity index (χ2n) is 7.01. The van der Waals surface area contributed by atoms with Crippen molar-refractivity contribution < 1.29 is 31.0 Å². The van der Waals surface area contributed by atoms with Gasteiger partial charge in [0.2, 0.25) is 0 Å². The zero-order chi connectivity index (χ0) is 21.9. The van der Waals surface area contributed by atoms with Gasteiger partial charge in [-0.2, -0.15) is 0 Å². The fourth-order valence-electron chi connectivity index (χ4n) is 3.49. The lowest BCUT2D eigenvalue weighted by Crippen LogP contribution is -2.43. The lowest BCUT2D eigenvalue weighted by molar-refractivity contribution is 0.354. The third-order valence-electron chi connectivity index (χ3n) is 5.10. The largest absolute Gasteiger partial charge is 0.497 e. The van der Waals surface area contributed by atoms with Gasteiger partial charge < -0.3 is 19.5 Å². The van der Waals surface area contributed by atoms with Gasteiger partial charge >= 0.3 is 0 Å². The Morgan fingerprint density at radius 3 is 2.20 bits per heavy atom. The molecule has 1 fully saturated rings. The van der Waals surface area contributed by atoms with E-state index < -0.39 is 36.7 Å². The SMILES string of the molecule is COc1ccc(S(=O)(=O)[C@H]2CS(=O)(=O)C[C@@H]2NCc2ccc(OC)c(OC)c2)cc1. The Bertz CT molecular complexity index is 1100. The number of benzene rings is 2. The predicted molar refractivity (Wildman–Crippen MR) is 113 cm³/mol. The van der Waals surface area contributed by atoms with Gasteiger partial charge in [0, 0.05) is 12.6 Å². The Morgan fingerprint density at radius 1 is 0.933 bits per heavy atom. The molecule has 2 atom stereocenters. The van der Waals surface area contributed by atoms with Crippen molar-refractivity contribution in [3.8, 4) is 17.2 Å². The van der Waals surface area contributed by atoms with Crippen LogP contribution in [0.5, 0.6) is 17.2 Å². The molecule has 3 rings (SSSR count). The lowest BCUT2D eigenvalue weighted by Gasteiger charge is -2.20. The van der Waals surface area contributed by atoms with Crippen LogP contribution in [0.2, 0.25) is 0 Å². The Kier molecular flexibility index (Phi) is 6.59. The van der Waals surface area contributed by atoms with Crippen LogP contribution in [0.3, 0.4) is 0 Å². The Morgan fingerprint density at radius 2 is 1.60 bits per heavy atom.